The molecule has 57 heavy (non-hydrogen) atoms. The molecule has 0 atom stereocenters. The summed E-state index contributed by atoms with van der Waals surface area (Å²) in [7, 11) is 0. The molecule has 0 spiro atoms. The van der Waals surface area contributed by atoms with Gasteiger partial charge in [-0.3, -0.25) is 0 Å². The van der Waals surface area contributed by atoms with Crippen LogP contribution in [0.2, 0.25) is 0 Å². The van der Waals surface area contributed by atoms with Crippen LogP contribution in [0.5, 0.6) is 0 Å². The average molecular weight is 753 g/mol. The van der Waals surface area contributed by atoms with E-state index >= 15 is 0 Å². The van der Waals surface area contributed by atoms with Gasteiger partial charge in [0.1, 0.15) is 11.2 Å². The molecule has 0 unspecified atom stereocenters. The molecule has 4 aromatic heterocycles. The standard InChI is InChI=1S/C51H30N4OS/c1-2-14-31(15-3-1)49-52-50(54-51(53-49)39-22-13-26-45-47(39)38-19-6-10-25-44(38)56-45)32-28-29-43(55-41-23-8-4-16-33(41)34-17-5-9-24-42(34)55)40(30-32)37-21-12-20-36-35-18-7-11-27-46(35)57-48(36)37/h1-30H/i4D,5D,16D,17D,23D,24D. The highest BCUT2D eigenvalue weighted by atomic mass is 32.1. The summed E-state index contributed by atoms with van der Waals surface area (Å²) >= 11 is 1.67. The van der Waals surface area contributed by atoms with E-state index in [0.29, 0.717) is 28.7 Å². The van der Waals surface area contributed by atoms with Gasteiger partial charge < -0.3 is 8.98 Å². The molecule has 12 aromatic rings. The van der Waals surface area contributed by atoms with Gasteiger partial charge in [-0.25, -0.2) is 15.0 Å². The first-order chi connectivity index (χ1) is 30.7. The molecule has 266 valence electrons. The third-order valence-electron chi connectivity index (χ3n) is 10.6. The Bertz CT molecular complexity index is 3830. The Labute approximate surface area is 339 Å². The van der Waals surface area contributed by atoms with E-state index in [2.05, 4.69) is 24.3 Å². The Hall–Kier alpha value is -7.41. The number of fused-ring (bicyclic) bond motifs is 9. The topological polar surface area (TPSA) is 56.7 Å². The number of para-hydroxylation sites is 3. The van der Waals surface area contributed by atoms with Crippen molar-refractivity contribution in [1.29, 1.82) is 0 Å². The van der Waals surface area contributed by atoms with Crippen molar-refractivity contribution in [2.45, 2.75) is 0 Å². The first kappa shape index (κ1) is 26.4. The van der Waals surface area contributed by atoms with Gasteiger partial charge in [0.2, 0.25) is 0 Å². The Morgan fingerprint density at radius 2 is 1.12 bits per heavy atom. The van der Waals surface area contributed by atoms with E-state index < -0.39 is 0 Å². The number of aromatic nitrogens is 4. The molecular weight excluding hydrogens is 717 g/mol. The van der Waals surface area contributed by atoms with Crippen LogP contribution in [0.15, 0.2) is 186 Å². The summed E-state index contributed by atoms with van der Waals surface area (Å²) in [5.41, 5.74) is 6.54. The molecule has 0 bridgehead atoms. The zero-order valence-corrected chi connectivity index (χ0v) is 30.8. The van der Waals surface area contributed by atoms with Crippen molar-refractivity contribution in [2.24, 2.45) is 0 Å². The van der Waals surface area contributed by atoms with E-state index in [-0.39, 0.29) is 58.1 Å². The van der Waals surface area contributed by atoms with Gasteiger partial charge in [-0.1, -0.05) is 133 Å². The molecule has 5 nitrogen and oxygen atoms in total. The van der Waals surface area contributed by atoms with E-state index in [9.17, 15) is 2.74 Å². The fourth-order valence-corrected chi connectivity index (χ4v) is 9.33. The lowest BCUT2D eigenvalue weighted by atomic mass is 9.98. The third kappa shape index (κ3) is 4.98. The lowest BCUT2D eigenvalue weighted by molar-refractivity contribution is 0.669. The molecule has 0 radical (unpaired) electrons. The second-order valence-electron chi connectivity index (χ2n) is 13.9. The second kappa shape index (κ2) is 12.6. The van der Waals surface area contributed by atoms with Crippen LogP contribution in [-0.4, -0.2) is 19.5 Å². The second-order valence-corrected chi connectivity index (χ2v) is 14.9. The molecule has 12 rings (SSSR count). The molecule has 0 fully saturated rings. The number of benzene rings is 8. The molecule has 0 aliphatic rings. The minimum absolute atomic E-state index is 0.0295. The molecule has 0 amide bonds. The summed E-state index contributed by atoms with van der Waals surface area (Å²) in [4.78, 5) is 15.4. The summed E-state index contributed by atoms with van der Waals surface area (Å²) in [5.74, 6) is 1.38. The van der Waals surface area contributed by atoms with Gasteiger partial charge in [0.25, 0.3) is 0 Å². The van der Waals surface area contributed by atoms with Gasteiger partial charge in [0.15, 0.2) is 17.5 Å². The Balaban J connectivity index is 1.19. The minimum Gasteiger partial charge on any atom is -0.456 e. The van der Waals surface area contributed by atoms with Gasteiger partial charge in [-0.05, 0) is 48.5 Å². The first-order valence-corrected chi connectivity index (χ1v) is 19.3. The SMILES string of the molecule is [2H]c1cc([2H])c2c(c1[2H])c1c([2H])c([2H])cc([2H])c1n2-c1ccc(-c2nc(-c3ccccc3)nc(-c3cccc4oc5ccccc5c34)n2)cc1-c1cccc2c1sc1ccccc12. The van der Waals surface area contributed by atoms with Crippen molar-refractivity contribution in [3.63, 3.8) is 0 Å². The predicted octanol–water partition coefficient (Wildman–Crippen LogP) is 13.9. The summed E-state index contributed by atoms with van der Waals surface area (Å²) in [6.07, 6.45) is 0. The van der Waals surface area contributed by atoms with E-state index in [1.165, 1.54) is 12.1 Å². The van der Waals surface area contributed by atoms with Crippen molar-refractivity contribution in [3.8, 4) is 51.0 Å². The molecule has 0 saturated carbocycles. The van der Waals surface area contributed by atoms with Crippen molar-refractivity contribution < 1.29 is 12.6 Å². The van der Waals surface area contributed by atoms with Crippen LogP contribution in [0.3, 0.4) is 0 Å². The molecule has 8 aromatic carbocycles. The fourth-order valence-electron chi connectivity index (χ4n) is 8.10. The van der Waals surface area contributed by atoms with E-state index in [4.69, 9.17) is 24.9 Å². The van der Waals surface area contributed by atoms with Crippen LogP contribution >= 0.6 is 11.3 Å². The molecule has 0 saturated heterocycles. The Kier molecular flexibility index (Phi) is 5.82. The van der Waals surface area contributed by atoms with Gasteiger partial charge in [0.05, 0.1) is 24.9 Å². The molecule has 0 N–H and O–H groups in total. The van der Waals surface area contributed by atoms with Gasteiger partial charge >= 0.3 is 0 Å². The average Bonchev–Trinajstić information content (AvgIpc) is 4.01. The van der Waals surface area contributed by atoms with Gasteiger partial charge in [0, 0.05) is 69.5 Å². The van der Waals surface area contributed by atoms with Crippen LogP contribution < -0.4 is 0 Å². The summed E-state index contributed by atoms with van der Waals surface area (Å²) in [6.45, 7) is 0. The van der Waals surface area contributed by atoms with Crippen molar-refractivity contribution in [2.75, 3.05) is 0 Å². The van der Waals surface area contributed by atoms with Crippen molar-refractivity contribution in [3.05, 3.63) is 182 Å². The normalized spacial score (nSPS) is 13.3. The lowest BCUT2D eigenvalue weighted by Crippen LogP contribution is -2.02. The van der Waals surface area contributed by atoms with E-state index in [0.717, 1.165) is 64.4 Å². The number of hydrogen-bond donors (Lipinski definition) is 0. The van der Waals surface area contributed by atoms with E-state index in [1.807, 2.05) is 109 Å². The highest BCUT2D eigenvalue weighted by molar-refractivity contribution is 7.26. The Morgan fingerprint density at radius 1 is 0.474 bits per heavy atom. The van der Waals surface area contributed by atoms with Crippen LogP contribution in [0, 0.1) is 0 Å². The zero-order valence-electron chi connectivity index (χ0n) is 36.0. The number of hydrogen-bond acceptors (Lipinski definition) is 5. The monoisotopic (exact) mass is 752 g/mol. The highest BCUT2D eigenvalue weighted by Gasteiger charge is 2.22. The number of furan rings is 1. The molecule has 4 heterocycles. The number of nitrogens with zero attached hydrogens (tertiary/aromatic N) is 4. The van der Waals surface area contributed by atoms with Crippen molar-refractivity contribution in [1.82, 2.24) is 19.5 Å². The van der Waals surface area contributed by atoms with E-state index in [1.54, 1.807) is 15.9 Å². The number of thiophene rings is 1. The van der Waals surface area contributed by atoms with Gasteiger partial charge in [-0.2, -0.15) is 0 Å². The molecule has 6 heteroatoms. The molecular formula is C51H30N4OS. The Morgan fingerprint density at radius 3 is 1.95 bits per heavy atom. The largest absolute Gasteiger partial charge is 0.456 e. The third-order valence-corrected chi connectivity index (χ3v) is 11.8. The first-order valence-electron chi connectivity index (χ1n) is 21.5. The summed E-state index contributed by atoms with van der Waals surface area (Å²) in [5, 5.41) is 4.43. The molecule has 0 aliphatic carbocycles. The van der Waals surface area contributed by atoms with Crippen LogP contribution in [0.4, 0.5) is 0 Å². The van der Waals surface area contributed by atoms with Gasteiger partial charge in [-0.15, -0.1) is 11.3 Å². The van der Waals surface area contributed by atoms with Crippen LogP contribution in [0.1, 0.15) is 8.22 Å². The maximum Gasteiger partial charge on any atom is 0.164 e. The van der Waals surface area contributed by atoms with Crippen LogP contribution in [-0.2, 0) is 0 Å². The lowest BCUT2D eigenvalue weighted by Gasteiger charge is -2.17. The molecule has 0 aliphatic heterocycles. The van der Waals surface area contributed by atoms with Crippen LogP contribution in [0.25, 0.3) is 115 Å². The smallest absolute Gasteiger partial charge is 0.164 e. The zero-order chi connectivity index (χ0) is 42.7. The quantitative estimate of drug-likeness (QED) is 0.176. The fraction of sp³-hybridized carbons (Fsp3) is 0. The maximum absolute atomic E-state index is 9.26. The highest BCUT2D eigenvalue weighted by Crippen LogP contribution is 2.44. The summed E-state index contributed by atoms with van der Waals surface area (Å²) < 4.78 is 64.0. The number of rotatable bonds is 5. The van der Waals surface area contributed by atoms with Crippen molar-refractivity contribution >= 4 is 75.3 Å². The summed E-state index contributed by atoms with van der Waals surface area (Å²) in [6, 6.07) is 45.9. The maximum atomic E-state index is 9.26. The predicted molar refractivity (Wildman–Crippen MR) is 236 cm³/mol. The minimum atomic E-state index is -0.169.